The number of ketones is 1. The fourth-order valence-corrected chi connectivity index (χ4v) is 3.39. The van der Waals surface area contributed by atoms with Gasteiger partial charge in [0, 0.05) is 22.9 Å². The van der Waals surface area contributed by atoms with Crippen molar-refractivity contribution in [2.24, 2.45) is 0 Å². The van der Waals surface area contributed by atoms with E-state index in [2.05, 4.69) is 0 Å². The number of benzene rings is 2. The van der Waals surface area contributed by atoms with Crippen molar-refractivity contribution in [2.75, 3.05) is 4.90 Å². The molecule has 116 valence electrons. The van der Waals surface area contributed by atoms with Crippen molar-refractivity contribution in [2.45, 2.75) is 32.9 Å². The van der Waals surface area contributed by atoms with Gasteiger partial charge in [0.05, 0.1) is 12.0 Å². The van der Waals surface area contributed by atoms with E-state index in [1.165, 1.54) is 0 Å². The van der Waals surface area contributed by atoms with Crippen molar-refractivity contribution in [1.29, 1.82) is 0 Å². The number of anilines is 1. The van der Waals surface area contributed by atoms with E-state index >= 15 is 0 Å². The molecule has 4 nitrogen and oxygen atoms in total. The van der Waals surface area contributed by atoms with Crippen molar-refractivity contribution < 1.29 is 14.3 Å². The van der Waals surface area contributed by atoms with Crippen LogP contribution in [0, 0.1) is 0 Å². The second-order valence-electron chi connectivity index (χ2n) is 6.29. The lowest BCUT2D eigenvalue weighted by Crippen LogP contribution is -2.33. The van der Waals surface area contributed by atoms with Crippen LogP contribution in [0.4, 0.5) is 5.69 Å². The molecule has 2 aliphatic rings. The van der Waals surface area contributed by atoms with Gasteiger partial charge in [-0.1, -0.05) is 24.3 Å². The minimum Gasteiger partial charge on any atom is -0.488 e. The summed E-state index contributed by atoms with van der Waals surface area (Å²) in [6.45, 7) is 4.33. The van der Waals surface area contributed by atoms with E-state index in [0.29, 0.717) is 29.9 Å². The van der Waals surface area contributed by atoms with E-state index in [-0.39, 0.29) is 17.7 Å². The lowest BCUT2D eigenvalue weighted by atomic mass is 9.97. The van der Waals surface area contributed by atoms with Crippen LogP contribution < -0.4 is 9.64 Å². The molecule has 2 aromatic carbocycles. The molecule has 2 aromatic rings. The first kappa shape index (κ1) is 14.0. The molecule has 0 aromatic heterocycles. The van der Waals surface area contributed by atoms with E-state index in [1.54, 1.807) is 4.90 Å². The van der Waals surface area contributed by atoms with E-state index in [4.69, 9.17) is 4.74 Å². The predicted molar refractivity (Wildman–Crippen MR) is 87.0 cm³/mol. The largest absolute Gasteiger partial charge is 0.488 e. The molecular weight excluding hydrogens is 290 g/mol. The van der Waals surface area contributed by atoms with Crippen LogP contribution in [0.15, 0.2) is 36.4 Å². The number of rotatable bonds is 1. The highest BCUT2D eigenvalue weighted by molar-refractivity contribution is 6.14. The molecule has 2 heterocycles. The smallest absolute Gasteiger partial charge is 0.231 e. The Kier molecular flexibility index (Phi) is 3.01. The quantitative estimate of drug-likeness (QED) is 0.813. The first-order chi connectivity index (χ1) is 11.1. The number of carbonyl (C=O) groups is 2. The summed E-state index contributed by atoms with van der Waals surface area (Å²) in [5.41, 5.74) is 3.87. The van der Waals surface area contributed by atoms with Gasteiger partial charge >= 0.3 is 0 Å². The minimum atomic E-state index is -0.0426. The second-order valence-corrected chi connectivity index (χ2v) is 6.29. The Bertz CT molecular complexity index is 839. The molecule has 0 radical (unpaired) electrons. The minimum absolute atomic E-state index is 0.0426. The standard InChI is InChI=1S/C19H17NO3/c1-11(2)20-16-9-15-17(7-13(16)8-18(20)21)23-10-12-5-3-4-6-14(12)19(15)22/h3-7,9,11H,8,10H2,1-2H3. The molecule has 0 saturated carbocycles. The number of nitrogens with zero attached hydrogens (tertiary/aromatic N) is 1. The molecule has 0 unspecified atom stereocenters. The van der Waals surface area contributed by atoms with Gasteiger partial charge in [0.1, 0.15) is 12.4 Å². The average Bonchev–Trinajstić information content (AvgIpc) is 2.79. The van der Waals surface area contributed by atoms with Gasteiger partial charge in [-0.25, -0.2) is 0 Å². The van der Waals surface area contributed by atoms with E-state index < -0.39 is 0 Å². The van der Waals surface area contributed by atoms with Gasteiger partial charge in [-0.2, -0.15) is 0 Å². The number of ether oxygens (including phenoxy) is 1. The third-order valence-corrected chi connectivity index (χ3v) is 4.46. The van der Waals surface area contributed by atoms with Crippen LogP contribution in [0.5, 0.6) is 5.75 Å². The normalized spacial score (nSPS) is 15.9. The van der Waals surface area contributed by atoms with Gasteiger partial charge < -0.3 is 9.64 Å². The fraction of sp³-hybridized carbons (Fsp3) is 0.263. The molecule has 1 amide bonds. The molecule has 0 aliphatic carbocycles. The molecule has 4 heteroatoms. The van der Waals surface area contributed by atoms with Crippen LogP contribution in [0.25, 0.3) is 0 Å². The number of hydrogen-bond donors (Lipinski definition) is 0. The lowest BCUT2D eigenvalue weighted by Gasteiger charge is -2.22. The van der Waals surface area contributed by atoms with Gasteiger partial charge in [-0.05, 0) is 31.5 Å². The fourth-order valence-electron chi connectivity index (χ4n) is 3.39. The zero-order chi connectivity index (χ0) is 16.1. The summed E-state index contributed by atoms with van der Waals surface area (Å²) in [5.74, 6) is 0.602. The molecule has 0 fully saturated rings. The molecule has 23 heavy (non-hydrogen) atoms. The van der Waals surface area contributed by atoms with E-state index in [1.807, 2.05) is 50.2 Å². The van der Waals surface area contributed by atoms with Crippen LogP contribution in [-0.2, 0) is 17.8 Å². The molecule has 0 spiro atoms. The van der Waals surface area contributed by atoms with Gasteiger partial charge in [-0.3, -0.25) is 9.59 Å². The third-order valence-electron chi connectivity index (χ3n) is 4.46. The van der Waals surface area contributed by atoms with E-state index in [0.717, 1.165) is 16.8 Å². The molecule has 0 saturated heterocycles. The average molecular weight is 307 g/mol. The van der Waals surface area contributed by atoms with Crippen LogP contribution in [0.1, 0.15) is 40.9 Å². The SMILES string of the molecule is CC(C)N1C(=O)Cc2cc3c(cc21)C(=O)c1ccccc1CO3. The first-order valence-corrected chi connectivity index (χ1v) is 7.80. The molecular formula is C19H17NO3. The highest BCUT2D eigenvalue weighted by Gasteiger charge is 2.33. The van der Waals surface area contributed by atoms with Crippen molar-refractivity contribution >= 4 is 17.4 Å². The number of amides is 1. The monoisotopic (exact) mass is 307 g/mol. The highest BCUT2D eigenvalue weighted by Crippen LogP contribution is 2.38. The van der Waals surface area contributed by atoms with Crippen LogP contribution in [-0.4, -0.2) is 17.7 Å². The summed E-state index contributed by atoms with van der Waals surface area (Å²) in [5, 5.41) is 0. The van der Waals surface area contributed by atoms with Gasteiger partial charge in [0.2, 0.25) is 5.91 Å². The Balaban J connectivity index is 1.88. The zero-order valence-electron chi connectivity index (χ0n) is 13.1. The number of hydrogen-bond acceptors (Lipinski definition) is 3. The lowest BCUT2D eigenvalue weighted by molar-refractivity contribution is -0.117. The van der Waals surface area contributed by atoms with Crippen LogP contribution in [0.2, 0.25) is 0 Å². The maximum atomic E-state index is 12.9. The topological polar surface area (TPSA) is 46.6 Å². The van der Waals surface area contributed by atoms with Crippen molar-refractivity contribution in [3.05, 3.63) is 58.7 Å². The third kappa shape index (κ3) is 2.05. The molecule has 4 rings (SSSR count). The predicted octanol–water partition coefficient (Wildman–Crippen LogP) is 3.11. The molecule has 0 bridgehead atoms. The molecule has 0 N–H and O–H groups in total. The number of fused-ring (bicyclic) bond motifs is 3. The number of carbonyl (C=O) groups excluding carboxylic acids is 2. The maximum absolute atomic E-state index is 12.9. The zero-order valence-corrected chi connectivity index (χ0v) is 13.1. The Labute approximate surface area is 134 Å². The summed E-state index contributed by atoms with van der Waals surface area (Å²) >= 11 is 0. The Morgan fingerprint density at radius 1 is 1.04 bits per heavy atom. The molecule has 2 aliphatic heterocycles. The Morgan fingerprint density at radius 3 is 2.61 bits per heavy atom. The van der Waals surface area contributed by atoms with Gasteiger partial charge in [-0.15, -0.1) is 0 Å². The van der Waals surface area contributed by atoms with Crippen LogP contribution in [0.3, 0.4) is 0 Å². The van der Waals surface area contributed by atoms with Crippen molar-refractivity contribution in [1.82, 2.24) is 0 Å². The van der Waals surface area contributed by atoms with Gasteiger partial charge in [0.15, 0.2) is 5.78 Å². The first-order valence-electron chi connectivity index (χ1n) is 7.80. The Hall–Kier alpha value is -2.62. The summed E-state index contributed by atoms with van der Waals surface area (Å²) < 4.78 is 5.85. The Morgan fingerprint density at radius 2 is 1.83 bits per heavy atom. The summed E-state index contributed by atoms with van der Waals surface area (Å²) in [7, 11) is 0. The molecule has 0 atom stereocenters. The summed E-state index contributed by atoms with van der Waals surface area (Å²) in [6.07, 6.45) is 0.366. The highest BCUT2D eigenvalue weighted by atomic mass is 16.5. The van der Waals surface area contributed by atoms with Crippen LogP contribution >= 0.6 is 0 Å². The maximum Gasteiger partial charge on any atom is 0.231 e. The second kappa shape index (κ2) is 4.95. The van der Waals surface area contributed by atoms with Crippen molar-refractivity contribution in [3.8, 4) is 5.75 Å². The van der Waals surface area contributed by atoms with Gasteiger partial charge in [0.25, 0.3) is 0 Å². The van der Waals surface area contributed by atoms with Crippen molar-refractivity contribution in [3.63, 3.8) is 0 Å². The summed E-state index contributed by atoms with van der Waals surface area (Å²) in [6, 6.07) is 11.3. The van der Waals surface area contributed by atoms with E-state index in [9.17, 15) is 9.59 Å². The summed E-state index contributed by atoms with van der Waals surface area (Å²) in [4.78, 5) is 26.9.